The molecule has 0 spiro atoms. The second-order valence-corrected chi connectivity index (χ2v) is 5.98. The lowest BCUT2D eigenvalue weighted by atomic mass is 10.1. The molecule has 0 radical (unpaired) electrons. The van der Waals surface area contributed by atoms with E-state index in [1.807, 2.05) is 30.3 Å². The predicted octanol–water partition coefficient (Wildman–Crippen LogP) is 3.40. The van der Waals surface area contributed by atoms with Crippen molar-refractivity contribution >= 4 is 17.2 Å². The Morgan fingerprint density at radius 1 is 1.23 bits per heavy atom. The maximum Gasteiger partial charge on any atom is 0.425 e. The van der Waals surface area contributed by atoms with Gasteiger partial charge in [-0.25, -0.2) is 0 Å². The minimum absolute atomic E-state index is 0.0900. The summed E-state index contributed by atoms with van der Waals surface area (Å²) in [6.45, 7) is 0.504. The fourth-order valence-corrected chi connectivity index (χ4v) is 3.37. The first-order valence-corrected chi connectivity index (χ1v) is 7.55. The minimum Gasteiger partial charge on any atom is -0.335 e. The summed E-state index contributed by atoms with van der Waals surface area (Å²) in [5, 5.41) is 4.04. The monoisotopic (exact) mass is 326 g/mol. The molecule has 1 amide bonds. The Morgan fingerprint density at radius 3 is 2.64 bits per heavy atom. The van der Waals surface area contributed by atoms with Gasteiger partial charge in [-0.3, -0.25) is 9.69 Å². The number of carbonyl (C=O) groups is 1. The van der Waals surface area contributed by atoms with Crippen LogP contribution in [0.1, 0.15) is 22.2 Å². The number of halogens is 3. The summed E-state index contributed by atoms with van der Waals surface area (Å²) in [5.74, 6) is -0.264. The largest absolute Gasteiger partial charge is 0.425 e. The van der Waals surface area contributed by atoms with Gasteiger partial charge in [0.1, 0.15) is 11.0 Å². The molecule has 1 aliphatic rings. The van der Waals surface area contributed by atoms with Crippen molar-refractivity contribution in [1.29, 1.82) is 0 Å². The third kappa shape index (κ3) is 3.00. The zero-order chi connectivity index (χ0) is 15.7. The molecule has 1 atom stereocenters. The quantitative estimate of drug-likeness (QED) is 0.938. The van der Waals surface area contributed by atoms with Crippen molar-refractivity contribution in [1.82, 2.24) is 10.2 Å². The lowest BCUT2D eigenvalue weighted by molar-refractivity contribution is -0.135. The van der Waals surface area contributed by atoms with Crippen LogP contribution in [0.3, 0.4) is 0 Å². The number of amides is 1. The number of hydrogen-bond donors (Lipinski definition) is 1. The van der Waals surface area contributed by atoms with Crippen LogP contribution in [0.25, 0.3) is 0 Å². The Kier molecular flexibility index (Phi) is 3.92. The second kappa shape index (κ2) is 5.73. The Labute approximate surface area is 129 Å². The number of alkyl halides is 3. The Bertz CT molecular complexity index is 669. The lowest BCUT2D eigenvalue weighted by Crippen LogP contribution is -2.28. The lowest BCUT2D eigenvalue weighted by Gasteiger charge is -2.24. The van der Waals surface area contributed by atoms with Crippen LogP contribution in [-0.4, -0.2) is 17.4 Å². The van der Waals surface area contributed by atoms with E-state index in [4.69, 9.17) is 0 Å². The smallest absolute Gasteiger partial charge is 0.335 e. The molecule has 3 rings (SSSR count). The summed E-state index contributed by atoms with van der Waals surface area (Å²) in [5.41, 5.74) is 1.06. The van der Waals surface area contributed by atoms with E-state index >= 15 is 0 Å². The van der Waals surface area contributed by atoms with Gasteiger partial charge < -0.3 is 5.32 Å². The van der Waals surface area contributed by atoms with E-state index < -0.39 is 17.2 Å². The fourth-order valence-electron chi connectivity index (χ4n) is 2.57. The number of rotatable bonds is 3. The molecule has 1 fully saturated rings. The molecular weight excluding hydrogens is 313 g/mol. The van der Waals surface area contributed by atoms with Gasteiger partial charge >= 0.3 is 6.18 Å². The highest BCUT2D eigenvalue weighted by Crippen LogP contribution is 2.40. The van der Waals surface area contributed by atoms with E-state index in [1.54, 1.807) is 4.90 Å². The van der Waals surface area contributed by atoms with Crippen molar-refractivity contribution in [2.45, 2.75) is 18.9 Å². The van der Waals surface area contributed by atoms with Crippen molar-refractivity contribution in [2.75, 3.05) is 6.54 Å². The van der Waals surface area contributed by atoms with Crippen LogP contribution in [0.2, 0.25) is 0 Å². The van der Waals surface area contributed by atoms with Crippen LogP contribution in [0.15, 0.2) is 41.8 Å². The van der Waals surface area contributed by atoms with Crippen LogP contribution in [0.4, 0.5) is 13.2 Å². The van der Waals surface area contributed by atoms with Crippen molar-refractivity contribution in [3.63, 3.8) is 0 Å². The summed E-state index contributed by atoms with van der Waals surface area (Å²) in [7, 11) is 0. The van der Waals surface area contributed by atoms with Crippen LogP contribution in [0.5, 0.6) is 0 Å². The van der Waals surface area contributed by atoms with E-state index in [2.05, 4.69) is 5.32 Å². The van der Waals surface area contributed by atoms with Gasteiger partial charge in [0.15, 0.2) is 0 Å². The van der Waals surface area contributed by atoms with Crippen molar-refractivity contribution in [2.24, 2.45) is 0 Å². The number of benzene rings is 1. The predicted molar refractivity (Wildman–Crippen MR) is 77.1 cm³/mol. The normalized spacial score (nSPS) is 19.4. The summed E-state index contributed by atoms with van der Waals surface area (Å²) in [4.78, 5) is 12.7. The molecule has 3 nitrogen and oxygen atoms in total. The van der Waals surface area contributed by atoms with E-state index in [1.165, 1.54) is 11.4 Å². The van der Waals surface area contributed by atoms with E-state index in [0.717, 1.165) is 5.56 Å². The van der Waals surface area contributed by atoms with Gasteiger partial charge in [0.2, 0.25) is 5.91 Å². The van der Waals surface area contributed by atoms with E-state index in [0.29, 0.717) is 17.9 Å². The number of thiophene rings is 1. The molecule has 0 bridgehead atoms. The van der Waals surface area contributed by atoms with E-state index in [-0.39, 0.29) is 18.0 Å². The molecule has 116 valence electrons. The molecule has 22 heavy (non-hydrogen) atoms. The molecule has 0 aliphatic carbocycles. The number of nitrogens with zero attached hydrogens (tertiary/aromatic N) is 1. The molecular formula is C15H13F3N2OS. The number of nitrogens with one attached hydrogen (secondary N) is 1. The molecule has 1 aliphatic heterocycles. The third-order valence-corrected chi connectivity index (χ3v) is 4.46. The second-order valence-electron chi connectivity index (χ2n) is 5.06. The first-order chi connectivity index (χ1) is 10.4. The molecule has 1 saturated heterocycles. The molecule has 2 heterocycles. The molecule has 1 N–H and O–H groups in total. The van der Waals surface area contributed by atoms with E-state index in [9.17, 15) is 18.0 Å². The van der Waals surface area contributed by atoms with Crippen molar-refractivity contribution in [3.05, 3.63) is 57.8 Å². The van der Waals surface area contributed by atoms with Crippen LogP contribution in [-0.2, 0) is 17.5 Å². The van der Waals surface area contributed by atoms with Crippen molar-refractivity contribution in [3.8, 4) is 0 Å². The van der Waals surface area contributed by atoms with Gasteiger partial charge in [-0.2, -0.15) is 13.2 Å². The fraction of sp³-hybridized carbons (Fsp3) is 0.267. The Morgan fingerprint density at radius 2 is 1.95 bits per heavy atom. The maximum atomic E-state index is 13.1. The average molecular weight is 326 g/mol. The average Bonchev–Trinajstić information content (AvgIpc) is 3.06. The van der Waals surface area contributed by atoms with Crippen LogP contribution in [0, 0.1) is 0 Å². The summed E-state index contributed by atoms with van der Waals surface area (Å²) >= 11 is 0.650. The van der Waals surface area contributed by atoms with Gasteiger partial charge in [0, 0.05) is 12.1 Å². The zero-order valence-electron chi connectivity index (χ0n) is 11.4. The van der Waals surface area contributed by atoms with Gasteiger partial charge in [-0.15, -0.1) is 11.3 Å². The maximum absolute atomic E-state index is 13.1. The third-order valence-electron chi connectivity index (χ3n) is 3.49. The number of hydrogen-bond acceptors (Lipinski definition) is 3. The summed E-state index contributed by atoms with van der Waals surface area (Å²) in [6.07, 6.45) is -5.15. The Hall–Kier alpha value is -1.86. The Balaban J connectivity index is 1.88. The van der Waals surface area contributed by atoms with Crippen LogP contribution >= 0.6 is 11.3 Å². The molecule has 1 unspecified atom stereocenters. The van der Waals surface area contributed by atoms with Crippen molar-refractivity contribution < 1.29 is 18.0 Å². The molecule has 1 aromatic heterocycles. The number of carbonyl (C=O) groups excluding carboxylic acids is 1. The highest BCUT2D eigenvalue weighted by Gasteiger charge is 2.40. The molecule has 2 aromatic rings. The van der Waals surface area contributed by atoms with Gasteiger partial charge in [0.05, 0.1) is 6.54 Å². The van der Waals surface area contributed by atoms with Gasteiger partial charge in [-0.1, -0.05) is 30.3 Å². The summed E-state index contributed by atoms with van der Waals surface area (Å²) < 4.78 is 39.2. The van der Waals surface area contributed by atoms with Crippen LogP contribution < -0.4 is 5.32 Å². The topological polar surface area (TPSA) is 32.3 Å². The molecule has 1 aromatic carbocycles. The highest BCUT2D eigenvalue weighted by molar-refractivity contribution is 7.10. The standard InChI is InChI=1S/C15H13F3N2OS/c16-15(17,18)13-11(6-7-22-13)14-19-12(21)9-20(14)8-10-4-2-1-3-5-10/h1-7,14H,8-9H2,(H,19,21). The highest BCUT2D eigenvalue weighted by atomic mass is 32.1. The molecule has 0 saturated carbocycles. The minimum atomic E-state index is -4.41. The zero-order valence-corrected chi connectivity index (χ0v) is 12.2. The first-order valence-electron chi connectivity index (χ1n) is 6.67. The summed E-state index contributed by atoms with van der Waals surface area (Å²) in [6, 6.07) is 10.8. The van der Waals surface area contributed by atoms with Gasteiger partial charge in [0.25, 0.3) is 0 Å². The first kappa shape index (κ1) is 15.1. The SMILES string of the molecule is O=C1CN(Cc2ccccc2)C(c2ccsc2C(F)(F)F)N1. The van der Waals surface area contributed by atoms with Gasteiger partial charge in [-0.05, 0) is 17.0 Å². The molecule has 7 heteroatoms.